The van der Waals surface area contributed by atoms with E-state index in [1.165, 1.54) is 26.3 Å². The first kappa shape index (κ1) is 19.1. The number of nitrogens with zero attached hydrogens (tertiary/aromatic N) is 1. The first-order chi connectivity index (χ1) is 13.9. The first-order valence-electron chi connectivity index (χ1n) is 9.39. The van der Waals surface area contributed by atoms with Crippen LogP contribution in [-0.4, -0.2) is 47.5 Å². The number of hydrogen-bond acceptors (Lipinski definition) is 6. The van der Waals surface area contributed by atoms with Crippen molar-refractivity contribution in [3.05, 3.63) is 65.7 Å². The van der Waals surface area contributed by atoms with E-state index in [4.69, 9.17) is 4.74 Å². The third-order valence-corrected chi connectivity index (χ3v) is 6.00. The van der Waals surface area contributed by atoms with Gasteiger partial charge in [0.25, 0.3) is 0 Å². The minimum absolute atomic E-state index is 0.0951. The Morgan fingerprint density at radius 1 is 1.10 bits per heavy atom. The van der Waals surface area contributed by atoms with Gasteiger partial charge in [0.05, 0.1) is 18.9 Å². The first-order valence-corrected chi connectivity index (χ1v) is 9.39. The van der Waals surface area contributed by atoms with E-state index in [0.717, 1.165) is 10.5 Å². The van der Waals surface area contributed by atoms with E-state index in [1.807, 2.05) is 30.3 Å². The Kier molecular flexibility index (Phi) is 4.62. The van der Waals surface area contributed by atoms with Crippen LogP contribution in [0.15, 0.2) is 54.6 Å². The van der Waals surface area contributed by atoms with Gasteiger partial charge in [-0.15, -0.1) is 0 Å². The number of hydrogen-bond donors (Lipinski definition) is 2. The average molecular weight is 394 g/mol. The molecule has 4 atom stereocenters. The van der Waals surface area contributed by atoms with Crippen LogP contribution in [-0.2, 0) is 25.5 Å². The number of esters is 1. The maximum Gasteiger partial charge on any atom is 0.327 e. The van der Waals surface area contributed by atoms with Crippen LogP contribution >= 0.6 is 0 Å². The number of rotatable bonds is 4. The second-order valence-electron chi connectivity index (χ2n) is 7.58. The number of likely N-dealkylation sites (tertiary alicyclic amines) is 1. The highest BCUT2D eigenvalue weighted by Crippen LogP contribution is 2.50. The summed E-state index contributed by atoms with van der Waals surface area (Å²) in [6, 6.07) is 15.2. The van der Waals surface area contributed by atoms with Crippen LogP contribution < -0.4 is 5.32 Å². The maximum atomic E-state index is 13.1. The molecule has 150 valence electrons. The average Bonchev–Trinajstić information content (AvgIpc) is 3.19. The second-order valence-corrected chi connectivity index (χ2v) is 7.58. The molecule has 2 heterocycles. The number of aromatic hydroxyl groups is 1. The topological polar surface area (TPSA) is 95.9 Å². The summed E-state index contributed by atoms with van der Waals surface area (Å²) in [5, 5.41) is 12.9. The monoisotopic (exact) mass is 394 g/mol. The Labute approximate surface area is 168 Å². The molecule has 2 aliphatic rings. The van der Waals surface area contributed by atoms with Crippen LogP contribution in [0.2, 0.25) is 0 Å². The molecule has 4 rings (SSSR count). The van der Waals surface area contributed by atoms with Crippen LogP contribution in [0.5, 0.6) is 5.75 Å². The highest BCUT2D eigenvalue weighted by Gasteiger charge is 2.68. The van der Waals surface area contributed by atoms with Gasteiger partial charge >= 0.3 is 5.97 Å². The van der Waals surface area contributed by atoms with Crippen molar-refractivity contribution in [1.82, 2.24) is 10.2 Å². The van der Waals surface area contributed by atoms with Gasteiger partial charge in [0, 0.05) is 19.5 Å². The number of imide groups is 1. The molecule has 0 aliphatic carbocycles. The molecule has 0 bridgehead atoms. The van der Waals surface area contributed by atoms with Crippen LogP contribution in [0, 0.1) is 11.8 Å². The fraction of sp³-hybridized carbons (Fsp3) is 0.318. The Balaban J connectivity index is 1.85. The molecule has 0 aromatic heterocycles. The number of phenolic OH excluding ortho intramolecular Hbond substituents is 1. The summed E-state index contributed by atoms with van der Waals surface area (Å²) in [5.41, 5.74) is 0.194. The molecule has 29 heavy (non-hydrogen) atoms. The van der Waals surface area contributed by atoms with E-state index in [-0.39, 0.29) is 18.1 Å². The van der Waals surface area contributed by atoms with Gasteiger partial charge < -0.3 is 9.84 Å². The van der Waals surface area contributed by atoms with Crippen molar-refractivity contribution in [3.63, 3.8) is 0 Å². The fourth-order valence-electron chi connectivity index (χ4n) is 4.64. The van der Waals surface area contributed by atoms with Crippen molar-refractivity contribution in [3.8, 4) is 5.75 Å². The van der Waals surface area contributed by atoms with Crippen molar-refractivity contribution in [1.29, 1.82) is 0 Å². The molecule has 0 spiro atoms. The summed E-state index contributed by atoms with van der Waals surface area (Å²) in [7, 11) is 2.73. The number of nitrogens with one attached hydrogen (secondary N) is 1. The number of carbonyl (C=O) groups is 3. The Morgan fingerprint density at radius 2 is 1.76 bits per heavy atom. The van der Waals surface area contributed by atoms with Gasteiger partial charge in [-0.05, 0) is 23.3 Å². The quantitative estimate of drug-likeness (QED) is 0.602. The summed E-state index contributed by atoms with van der Waals surface area (Å²) in [4.78, 5) is 40.2. The minimum Gasteiger partial charge on any atom is -0.508 e. The molecule has 2 fully saturated rings. The van der Waals surface area contributed by atoms with E-state index in [2.05, 4.69) is 5.32 Å². The van der Waals surface area contributed by atoms with Gasteiger partial charge in [-0.2, -0.15) is 0 Å². The SMILES string of the molecule is COC(=O)[C@]1(Cc2ccccc2)N[C@H](c2ccc(O)cc2)[C@@H]2C(=O)N(C)C(=O)[C@H]21. The van der Waals surface area contributed by atoms with Gasteiger partial charge in [0.2, 0.25) is 11.8 Å². The normalized spacial score (nSPS) is 28.5. The predicted octanol–water partition coefficient (Wildman–Crippen LogP) is 1.42. The van der Waals surface area contributed by atoms with Crippen molar-refractivity contribution in [2.45, 2.75) is 18.0 Å². The molecular formula is C22H22N2O5. The summed E-state index contributed by atoms with van der Waals surface area (Å²) < 4.78 is 5.12. The highest BCUT2D eigenvalue weighted by atomic mass is 16.5. The largest absolute Gasteiger partial charge is 0.508 e. The second kappa shape index (κ2) is 7.00. The molecule has 0 saturated carbocycles. The van der Waals surface area contributed by atoms with Gasteiger partial charge in [-0.3, -0.25) is 24.6 Å². The fourth-order valence-corrected chi connectivity index (χ4v) is 4.64. The van der Waals surface area contributed by atoms with Crippen molar-refractivity contribution in [2.75, 3.05) is 14.2 Å². The van der Waals surface area contributed by atoms with E-state index in [1.54, 1.807) is 12.1 Å². The summed E-state index contributed by atoms with van der Waals surface area (Å²) >= 11 is 0. The molecule has 2 aromatic carbocycles. The molecule has 2 N–H and O–H groups in total. The number of ether oxygens (including phenoxy) is 1. The van der Waals surface area contributed by atoms with E-state index in [9.17, 15) is 19.5 Å². The zero-order valence-corrected chi connectivity index (χ0v) is 16.2. The highest BCUT2D eigenvalue weighted by molar-refractivity contribution is 6.09. The molecule has 2 saturated heterocycles. The van der Waals surface area contributed by atoms with Gasteiger partial charge in [0.1, 0.15) is 11.3 Å². The van der Waals surface area contributed by atoms with Crippen LogP contribution in [0.25, 0.3) is 0 Å². The molecule has 2 aliphatic heterocycles. The van der Waals surface area contributed by atoms with Gasteiger partial charge in [0.15, 0.2) is 0 Å². The molecule has 0 unspecified atom stereocenters. The van der Waals surface area contributed by atoms with Crippen molar-refractivity contribution >= 4 is 17.8 Å². The molecular weight excluding hydrogens is 372 g/mol. The third kappa shape index (κ3) is 2.89. The molecule has 0 radical (unpaired) electrons. The zero-order chi connectivity index (χ0) is 20.8. The van der Waals surface area contributed by atoms with Crippen LogP contribution in [0.3, 0.4) is 0 Å². The van der Waals surface area contributed by atoms with Crippen molar-refractivity contribution in [2.24, 2.45) is 11.8 Å². The summed E-state index contributed by atoms with van der Waals surface area (Å²) in [6.07, 6.45) is 0.211. The minimum atomic E-state index is -1.37. The van der Waals surface area contributed by atoms with Crippen LogP contribution in [0.1, 0.15) is 17.2 Å². The third-order valence-electron chi connectivity index (χ3n) is 6.00. The number of methoxy groups -OCH3 is 1. The maximum absolute atomic E-state index is 13.1. The number of amides is 2. The standard InChI is InChI=1S/C22H22N2O5/c1-24-19(26)16-17(20(24)27)22(21(28)29-2,12-13-6-4-3-5-7-13)23-18(16)14-8-10-15(25)11-9-14/h3-11,16-18,23,25H,12H2,1-2H3/t16-,17+,18-,22-/m1/s1. The molecule has 7 heteroatoms. The van der Waals surface area contributed by atoms with Crippen molar-refractivity contribution < 1.29 is 24.2 Å². The summed E-state index contributed by atoms with van der Waals surface area (Å²) in [6.45, 7) is 0. The lowest BCUT2D eigenvalue weighted by Gasteiger charge is -2.32. The number of phenols is 1. The van der Waals surface area contributed by atoms with E-state index >= 15 is 0 Å². The smallest absolute Gasteiger partial charge is 0.327 e. The number of carbonyl (C=O) groups excluding carboxylic acids is 3. The van der Waals surface area contributed by atoms with Crippen LogP contribution in [0.4, 0.5) is 0 Å². The Hall–Kier alpha value is -3.19. The Morgan fingerprint density at radius 3 is 2.38 bits per heavy atom. The lowest BCUT2D eigenvalue weighted by atomic mass is 9.76. The number of fused-ring (bicyclic) bond motifs is 1. The lowest BCUT2D eigenvalue weighted by Crippen LogP contribution is -2.57. The van der Waals surface area contributed by atoms with Gasteiger partial charge in [-0.1, -0.05) is 42.5 Å². The Bertz CT molecular complexity index is 959. The predicted molar refractivity (Wildman–Crippen MR) is 104 cm³/mol. The van der Waals surface area contributed by atoms with Gasteiger partial charge in [-0.25, -0.2) is 0 Å². The molecule has 7 nitrogen and oxygen atoms in total. The lowest BCUT2D eigenvalue weighted by molar-refractivity contribution is -0.153. The number of benzene rings is 2. The molecule has 2 amide bonds. The van der Waals surface area contributed by atoms with E-state index in [0.29, 0.717) is 5.56 Å². The summed E-state index contributed by atoms with van der Waals surface area (Å²) in [5.74, 6) is -2.82. The molecule has 2 aromatic rings. The van der Waals surface area contributed by atoms with E-state index < -0.39 is 35.3 Å². The zero-order valence-electron chi connectivity index (χ0n) is 16.2.